The van der Waals surface area contributed by atoms with E-state index >= 15 is 0 Å². The number of hydrogen-bond donors (Lipinski definition) is 0. The summed E-state index contributed by atoms with van der Waals surface area (Å²) in [4.78, 5) is 0. The van der Waals surface area contributed by atoms with E-state index in [1.807, 2.05) is 22.7 Å². The summed E-state index contributed by atoms with van der Waals surface area (Å²) >= 11 is 4.07. The van der Waals surface area contributed by atoms with Crippen LogP contribution in [0.15, 0.2) is 0 Å². The lowest BCUT2D eigenvalue weighted by molar-refractivity contribution is 1.24. The van der Waals surface area contributed by atoms with Gasteiger partial charge < -0.3 is 0 Å². The van der Waals surface area contributed by atoms with Crippen LogP contribution in [0.25, 0.3) is 51.1 Å². The van der Waals surface area contributed by atoms with E-state index < -0.39 is 0 Å². The molecular weight excluding hydrogens is 473 g/mol. The van der Waals surface area contributed by atoms with Crippen molar-refractivity contribution in [3.05, 3.63) is 66.8 Å². The van der Waals surface area contributed by atoms with Crippen LogP contribution >= 0.6 is 22.7 Å². The van der Waals surface area contributed by atoms with Gasteiger partial charge in [-0.3, -0.25) is 0 Å². The first kappa shape index (κ1) is 23.9. The molecule has 0 saturated carbocycles. The highest BCUT2D eigenvalue weighted by Gasteiger charge is 2.25. The molecule has 0 aliphatic rings. The molecule has 0 radical (unpaired) electrons. The summed E-state index contributed by atoms with van der Waals surface area (Å²) in [6.07, 6.45) is 0. The number of hydrogen-bond acceptors (Lipinski definition) is 2. The van der Waals surface area contributed by atoms with Crippen LogP contribution < -0.4 is 0 Å². The molecule has 0 nitrogen and oxygen atoms in total. The Morgan fingerprint density at radius 2 is 0.472 bits per heavy atom. The molecule has 36 heavy (non-hydrogen) atoms. The molecule has 0 spiro atoms. The minimum atomic E-state index is 1.44. The zero-order valence-corrected chi connectivity index (χ0v) is 25.4. The van der Waals surface area contributed by atoms with Crippen molar-refractivity contribution in [2.45, 2.75) is 83.1 Å². The fraction of sp³-hybridized carbons (Fsp3) is 0.353. The van der Waals surface area contributed by atoms with Crippen LogP contribution in [0, 0.1) is 83.1 Å². The minimum Gasteiger partial charge on any atom is -0.133 e. The molecule has 4 aromatic carbocycles. The average molecular weight is 509 g/mol. The van der Waals surface area contributed by atoms with Gasteiger partial charge in [-0.2, -0.15) is 0 Å². The van der Waals surface area contributed by atoms with Crippen LogP contribution in [0.1, 0.15) is 66.8 Å². The van der Waals surface area contributed by atoms with Crippen molar-refractivity contribution in [2.75, 3.05) is 0 Å². The van der Waals surface area contributed by atoms with Crippen molar-refractivity contribution in [1.82, 2.24) is 0 Å². The molecule has 0 atom stereocenters. The van der Waals surface area contributed by atoms with Crippen LogP contribution in [-0.4, -0.2) is 0 Å². The van der Waals surface area contributed by atoms with E-state index in [2.05, 4.69) is 83.1 Å². The maximum absolute atomic E-state index is 2.37. The SMILES string of the molecule is Cc1c(C)c(C)c2c(C)c3c(sc4c3sc3c(C)c5c(C)c(C)c(C)c(C)c5c(C)c34)c(C)c2c1C. The number of fused-ring (bicyclic) bond motifs is 7. The Hall–Kier alpha value is -2.42. The van der Waals surface area contributed by atoms with Gasteiger partial charge in [-0.25, -0.2) is 0 Å². The van der Waals surface area contributed by atoms with Gasteiger partial charge in [-0.1, -0.05) is 0 Å². The lowest BCUT2D eigenvalue weighted by Gasteiger charge is -2.19. The molecule has 184 valence electrons. The molecule has 0 aliphatic carbocycles. The van der Waals surface area contributed by atoms with Gasteiger partial charge in [0, 0.05) is 20.2 Å². The molecular formula is C34H36S2. The second kappa shape index (κ2) is 7.55. The van der Waals surface area contributed by atoms with Crippen LogP contribution in [0.3, 0.4) is 0 Å². The summed E-state index contributed by atoms with van der Waals surface area (Å²) in [7, 11) is 0. The lowest BCUT2D eigenvalue weighted by Crippen LogP contribution is -1.98. The first-order chi connectivity index (χ1) is 16.9. The Morgan fingerprint density at radius 1 is 0.222 bits per heavy atom. The third-order valence-electron chi connectivity index (χ3n) is 9.83. The van der Waals surface area contributed by atoms with Crippen molar-refractivity contribution in [3.63, 3.8) is 0 Å². The highest BCUT2D eigenvalue weighted by molar-refractivity contribution is 7.36. The third kappa shape index (κ3) is 2.65. The van der Waals surface area contributed by atoms with Crippen LogP contribution in [0.5, 0.6) is 0 Å². The lowest BCUT2D eigenvalue weighted by atomic mass is 9.86. The molecule has 2 aromatic heterocycles. The zero-order chi connectivity index (χ0) is 26.1. The van der Waals surface area contributed by atoms with Crippen LogP contribution in [0.4, 0.5) is 0 Å². The minimum absolute atomic E-state index is 1.44. The predicted molar refractivity (Wildman–Crippen MR) is 167 cm³/mol. The van der Waals surface area contributed by atoms with Crippen LogP contribution in [0.2, 0.25) is 0 Å². The van der Waals surface area contributed by atoms with E-state index in [1.54, 1.807) is 0 Å². The molecule has 0 aliphatic heterocycles. The molecule has 0 saturated heterocycles. The fourth-order valence-corrected chi connectivity index (χ4v) is 10.2. The topological polar surface area (TPSA) is 0 Å². The summed E-state index contributed by atoms with van der Waals surface area (Å²) in [5, 5.41) is 8.92. The molecule has 0 bridgehead atoms. The van der Waals surface area contributed by atoms with Crippen LogP contribution in [-0.2, 0) is 0 Å². The Morgan fingerprint density at radius 3 is 0.750 bits per heavy atom. The second-order valence-corrected chi connectivity index (χ2v) is 13.3. The first-order valence-corrected chi connectivity index (χ1v) is 14.7. The Bertz CT molecular complexity index is 1840. The average Bonchev–Trinajstić information content (AvgIpc) is 3.40. The third-order valence-corrected chi connectivity index (χ3v) is 12.6. The molecule has 0 unspecified atom stereocenters. The molecule has 2 heteroatoms. The van der Waals surface area contributed by atoms with Gasteiger partial charge in [-0.05, 0) is 171 Å². The smallest absolute Gasteiger partial charge is 0.0545 e. The molecule has 6 aromatic rings. The van der Waals surface area contributed by atoms with Crippen molar-refractivity contribution in [1.29, 1.82) is 0 Å². The monoisotopic (exact) mass is 508 g/mol. The fourth-order valence-electron chi connectivity index (χ4n) is 7.12. The zero-order valence-electron chi connectivity index (χ0n) is 23.8. The molecule has 0 amide bonds. The summed E-state index contributed by atoms with van der Waals surface area (Å²) in [5.74, 6) is 0. The van der Waals surface area contributed by atoms with Crippen molar-refractivity contribution >= 4 is 73.8 Å². The number of rotatable bonds is 0. The first-order valence-electron chi connectivity index (χ1n) is 13.1. The quantitative estimate of drug-likeness (QED) is 0.191. The maximum Gasteiger partial charge on any atom is 0.0545 e. The van der Waals surface area contributed by atoms with E-state index in [9.17, 15) is 0 Å². The summed E-state index contributed by atoms with van der Waals surface area (Å²) in [6.45, 7) is 28.0. The highest BCUT2D eigenvalue weighted by atomic mass is 32.1. The van der Waals surface area contributed by atoms with Gasteiger partial charge in [0.2, 0.25) is 0 Å². The van der Waals surface area contributed by atoms with Gasteiger partial charge in [0.25, 0.3) is 0 Å². The normalized spacial score (nSPS) is 12.4. The summed E-state index contributed by atoms with van der Waals surface area (Å²) in [5.41, 5.74) is 17.4. The number of thiophene rings is 2. The molecule has 6 rings (SSSR count). The highest BCUT2D eigenvalue weighted by Crippen LogP contribution is 2.52. The number of aryl methyl sites for hydroxylation is 8. The van der Waals surface area contributed by atoms with Crippen molar-refractivity contribution in [2.24, 2.45) is 0 Å². The molecule has 0 N–H and O–H groups in total. The van der Waals surface area contributed by atoms with E-state index in [-0.39, 0.29) is 0 Å². The predicted octanol–water partition coefficient (Wildman–Crippen LogP) is 11.3. The summed E-state index contributed by atoms with van der Waals surface area (Å²) < 4.78 is 5.96. The van der Waals surface area contributed by atoms with Gasteiger partial charge in [0.15, 0.2) is 0 Å². The van der Waals surface area contributed by atoms with Gasteiger partial charge in [0.1, 0.15) is 0 Å². The number of benzene rings is 4. The largest absolute Gasteiger partial charge is 0.133 e. The Kier molecular flexibility index (Phi) is 5.03. The molecule has 2 heterocycles. The van der Waals surface area contributed by atoms with E-state index in [0.717, 1.165) is 0 Å². The van der Waals surface area contributed by atoms with Gasteiger partial charge >= 0.3 is 0 Å². The van der Waals surface area contributed by atoms with Gasteiger partial charge in [0.05, 0.1) is 9.40 Å². The van der Waals surface area contributed by atoms with E-state index in [4.69, 9.17) is 0 Å². The standard InChI is InChI=1S/C34H36S2/c1-13-15(3)19(7)27-23(11)31-29(21(9)25(27)17(13)5)33-34(35-31)30-22(10)26-18(6)14(2)16(4)20(8)28(26)24(12)32(30)36-33/h1-12H3. The summed E-state index contributed by atoms with van der Waals surface area (Å²) in [6, 6.07) is 0. The van der Waals surface area contributed by atoms with Crippen molar-refractivity contribution in [3.8, 4) is 0 Å². The van der Waals surface area contributed by atoms with Crippen molar-refractivity contribution < 1.29 is 0 Å². The maximum atomic E-state index is 2.37. The molecule has 0 fully saturated rings. The van der Waals surface area contributed by atoms with E-state index in [0.29, 0.717) is 0 Å². The Balaban J connectivity index is 1.92. The van der Waals surface area contributed by atoms with E-state index in [1.165, 1.54) is 118 Å². The second-order valence-electron chi connectivity index (χ2n) is 11.3. The Labute approximate surface area is 222 Å². The van der Waals surface area contributed by atoms with Gasteiger partial charge in [-0.15, -0.1) is 22.7 Å².